The lowest BCUT2D eigenvalue weighted by atomic mass is 10.1. The summed E-state index contributed by atoms with van der Waals surface area (Å²) >= 11 is 0. The molecule has 1 aromatic carbocycles. The summed E-state index contributed by atoms with van der Waals surface area (Å²) in [5, 5.41) is 6.46. The first-order valence-electron chi connectivity index (χ1n) is 9.24. The second kappa shape index (κ2) is 14.2. The summed E-state index contributed by atoms with van der Waals surface area (Å²) in [5.41, 5.74) is 0.718. The predicted molar refractivity (Wildman–Crippen MR) is 114 cm³/mol. The van der Waals surface area contributed by atoms with Gasteiger partial charge in [-0.3, -0.25) is 4.99 Å². The predicted octanol–water partition coefficient (Wildman–Crippen LogP) is 3.13. The van der Waals surface area contributed by atoms with Gasteiger partial charge in [0.2, 0.25) is 0 Å². The van der Waals surface area contributed by atoms with Crippen LogP contribution in [-0.4, -0.2) is 51.5 Å². The van der Waals surface area contributed by atoms with E-state index in [-0.39, 0.29) is 29.8 Å². The monoisotopic (exact) mass is 479 g/mol. The molecule has 2 N–H and O–H groups in total. The van der Waals surface area contributed by atoms with Gasteiger partial charge < -0.3 is 20.1 Å². The molecule has 0 unspecified atom stereocenters. The molecular weight excluding hydrogens is 448 g/mol. The quantitative estimate of drug-likeness (QED) is 0.248. The van der Waals surface area contributed by atoms with Crippen molar-refractivity contribution in [2.24, 2.45) is 4.99 Å². The molecule has 0 aliphatic carbocycles. The van der Waals surface area contributed by atoms with Crippen molar-refractivity contribution >= 4 is 29.9 Å². The molecule has 0 bridgehead atoms. The van der Waals surface area contributed by atoms with Crippen molar-refractivity contribution in [1.29, 1.82) is 0 Å². The molecule has 2 rings (SSSR count). The van der Waals surface area contributed by atoms with Gasteiger partial charge in [0.1, 0.15) is 5.82 Å². The number of halogens is 2. The Bertz CT molecular complexity index is 525. The van der Waals surface area contributed by atoms with Gasteiger partial charge in [0.25, 0.3) is 0 Å². The molecule has 5 nitrogen and oxygen atoms in total. The average Bonchev–Trinajstić information content (AvgIpc) is 2.64. The molecule has 26 heavy (non-hydrogen) atoms. The van der Waals surface area contributed by atoms with Gasteiger partial charge in [-0.1, -0.05) is 18.2 Å². The van der Waals surface area contributed by atoms with E-state index in [4.69, 9.17) is 9.47 Å². The summed E-state index contributed by atoms with van der Waals surface area (Å²) in [4.78, 5) is 4.55. The largest absolute Gasteiger partial charge is 0.381 e. The van der Waals surface area contributed by atoms with Crippen molar-refractivity contribution < 1.29 is 13.9 Å². The third kappa shape index (κ3) is 9.14. The minimum Gasteiger partial charge on any atom is -0.381 e. The zero-order valence-corrected chi connectivity index (χ0v) is 17.8. The smallest absolute Gasteiger partial charge is 0.191 e. The number of guanidine groups is 1. The van der Waals surface area contributed by atoms with Gasteiger partial charge in [-0.15, -0.1) is 24.0 Å². The SMILES string of the molecule is CCNC(=NCCCOC1CCOCC1)NCCc1ccccc1F.I. The average molecular weight is 479 g/mol. The van der Waals surface area contributed by atoms with Crippen LogP contribution < -0.4 is 10.6 Å². The van der Waals surface area contributed by atoms with Gasteiger partial charge in [0.05, 0.1) is 6.10 Å². The Kier molecular flexibility index (Phi) is 12.6. The van der Waals surface area contributed by atoms with Crippen molar-refractivity contribution in [2.75, 3.05) is 39.5 Å². The number of rotatable bonds is 9. The number of nitrogens with one attached hydrogen (secondary N) is 2. The van der Waals surface area contributed by atoms with Crippen LogP contribution in [0.15, 0.2) is 29.3 Å². The molecule has 1 aliphatic heterocycles. The van der Waals surface area contributed by atoms with Crippen LogP contribution in [0.4, 0.5) is 4.39 Å². The fraction of sp³-hybridized carbons (Fsp3) is 0.632. The highest BCUT2D eigenvalue weighted by molar-refractivity contribution is 14.0. The normalized spacial score (nSPS) is 15.4. The van der Waals surface area contributed by atoms with Gasteiger partial charge in [-0.2, -0.15) is 0 Å². The van der Waals surface area contributed by atoms with E-state index >= 15 is 0 Å². The summed E-state index contributed by atoms with van der Waals surface area (Å²) in [6, 6.07) is 6.87. The third-order valence-corrected chi connectivity index (χ3v) is 4.08. The zero-order chi connectivity index (χ0) is 17.7. The molecule has 0 spiro atoms. The minimum absolute atomic E-state index is 0. The van der Waals surface area contributed by atoms with E-state index < -0.39 is 0 Å². The second-order valence-electron chi connectivity index (χ2n) is 6.06. The molecule has 0 radical (unpaired) electrons. The van der Waals surface area contributed by atoms with Crippen LogP contribution in [0.1, 0.15) is 31.7 Å². The lowest BCUT2D eigenvalue weighted by Gasteiger charge is -2.22. The molecule has 1 heterocycles. The number of hydrogen-bond acceptors (Lipinski definition) is 3. The maximum absolute atomic E-state index is 13.6. The molecule has 1 saturated heterocycles. The molecule has 7 heteroatoms. The van der Waals surface area contributed by atoms with Gasteiger partial charge in [-0.25, -0.2) is 4.39 Å². The maximum atomic E-state index is 13.6. The van der Waals surface area contributed by atoms with Crippen LogP contribution in [-0.2, 0) is 15.9 Å². The fourth-order valence-corrected chi connectivity index (χ4v) is 2.71. The molecule has 0 aromatic heterocycles. The minimum atomic E-state index is -0.156. The van der Waals surface area contributed by atoms with Crippen molar-refractivity contribution in [3.8, 4) is 0 Å². The van der Waals surface area contributed by atoms with Crippen molar-refractivity contribution in [1.82, 2.24) is 10.6 Å². The molecule has 1 aliphatic rings. The van der Waals surface area contributed by atoms with E-state index in [0.29, 0.717) is 25.6 Å². The van der Waals surface area contributed by atoms with E-state index in [9.17, 15) is 4.39 Å². The number of ether oxygens (including phenoxy) is 2. The topological polar surface area (TPSA) is 54.9 Å². The Morgan fingerprint density at radius 1 is 1.27 bits per heavy atom. The highest BCUT2D eigenvalue weighted by atomic mass is 127. The first-order chi connectivity index (χ1) is 12.3. The highest BCUT2D eigenvalue weighted by Gasteiger charge is 2.13. The summed E-state index contributed by atoms with van der Waals surface area (Å²) in [6.07, 6.45) is 3.84. The van der Waals surface area contributed by atoms with Crippen LogP contribution >= 0.6 is 24.0 Å². The van der Waals surface area contributed by atoms with Crippen LogP contribution in [0, 0.1) is 5.82 Å². The first kappa shape index (κ1) is 23.1. The summed E-state index contributed by atoms with van der Waals surface area (Å²) in [7, 11) is 0. The summed E-state index contributed by atoms with van der Waals surface area (Å²) in [6.45, 7) is 6.51. The first-order valence-corrected chi connectivity index (χ1v) is 9.24. The molecule has 0 saturated carbocycles. The van der Waals surface area contributed by atoms with Crippen LogP contribution in [0.25, 0.3) is 0 Å². The molecule has 1 fully saturated rings. The number of benzene rings is 1. The van der Waals surface area contributed by atoms with Crippen molar-refractivity contribution in [2.45, 2.75) is 38.7 Å². The number of aliphatic imine (C=N–C) groups is 1. The Balaban J connectivity index is 0.00000338. The fourth-order valence-electron chi connectivity index (χ4n) is 2.71. The van der Waals surface area contributed by atoms with E-state index in [1.165, 1.54) is 6.07 Å². The summed E-state index contributed by atoms with van der Waals surface area (Å²) in [5.74, 6) is 0.612. The van der Waals surface area contributed by atoms with Crippen LogP contribution in [0.5, 0.6) is 0 Å². The molecular formula is C19H31FIN3O2. The lowest BCUT2D eigenvalue weighted by molar-refractivity contribution is -0.0318. The van der Waals surface area contributed by atoms with Gasteiger partial charge >= 0.3 is 0 Å². The standard InChI is InChI=1S/C19H30FN3O2.HI/c1-2-21-19(23-12-8-16-6-3-4-7-18(16)20)22-11-5-13-25-17-9-14-24-15-10-17;/h3-4,6-7,17H,2,5,8-15H2,1H3,(H2,21,22,23);1H. The highest BCUT2D eigenvalue weighted by Crippen LogP contribution is 2.10. The Morgan fingerprint density at radius 2 is 2.04 bits per heavy atom. The van der Waals surface area contributed by atoms with E-state index in [1.54, 1.807) is 6.07 Å². The van der Waals surface area contributed by atoms with Crippen molar-refractivity contribution in [3.05, 3.63) is 35.6 Å². The zero-order valence-electron chi connectivity index (χ0n) is 15.5. The molecule has 1 aromatic rings. The molecule has 0 amide bonds. The van der Waals surface area contributed by atoms with E-state index in [2.05, 4.69) is 15.6 Å². The Labute approximate surface area is 173 Å². The molecule has 0 atom stereocenters. The van der Waals surface area contributed by atoms with Gasteiger partial charge in [-0.05, 0) is 44.2 Å². The second-order valence-corrected chi connectivity index (χ2v) is 6.06. The number of hydrogen-bond donors (Lipinski definition) is 2. The van der Waals surface area contributed by atoms with Gasteiger partial charge in [0, 0.05) is 39.5 Å². The Morgan fingerprint density at radius 3 is 2.77 bits per heavy atom. The molecule has 148 valence electrons. The third-order valence-electron chi connectivity index (χ3n) is 4.08. The van der Waals surface area contributed by atoms with Crippen molar-refractivity contribution in [3.63, 3.8) is 0 Å². The Hall–Kier alpha value is -0.930. The van der Waals surface area contributed by atoms with Crippen LogP contribution in [0.2, 0.25) is 0 Å². The van der Waals surface area contributed by atoms with Crippen LogP contribution in [0.3, 0.4) is 0 Å². The maximum Gasteiger partial charge on any atom is 0.191 e. The van der Waals surface area contributed by atoms with Gasteiger partial charge in [0.15, 0.2) is 5.96 Å². The van der Waals surface area contributed by atoms with E-state index in [0.717, 1.165) is 57.2 Å². The summed E-state index contributed by atoms with van der Waals surface area (Å²) < 4.78 is 24.8. The number of nitrogens with zero attached hydrogens (tertiary/aromatic N) is 1. The van der Waals surface area contributed by atoms with E-state index in [1.807, 2.05) is 19.1 Å². The lowest BCUT2D eigenvalue weighted by Crippen LogP contribution is -2.38.